The van der Waals surface area contributed by atoms with Crippen LogP contribution in [0.15, 0.2) is 23.2 Å². The Bertz CT molecular complexity index is 596. The fourth-order valence-corrected chi connectivity index (χ4v) is 2.39. The summed E-state index contributed by atoms with van der Waals surface area (Å²) >= 11 is 0. The van der Waals surface area contributed by atoms with Crippen molar-refractivity contribution >= 4 is 21.5 Å². The van der Waals surface area contributed by atoms with E-state index in [1.165, 1.54) is 0 Å². The second-order valence-corrected chi connectivity index (χ2v) is 6.10. The SMILES string of the molecule is Cc1c(NS(C)(=O)=O)cccc1OCC1=NCCN1. The van der Waals surface area contributed by atoms with Gasteiger partial charge in [0.1, 0.15) is 18.2 Å². The highest BCUT2D eigenvalue weighted by atomic mass is 32.2. The number of nitrogens with zero attached hydrogens (tertiary/aromatic N) is 1. The highest BCUT2D eigenvalue weighted by Gasteiger charge is 2.11. The molecule has 7 heteroatoms. The highest BCUT2D eigenvalue weighted by molar-refractivity contribution is 7.92. The van der Waals surface area contributed by atoms with Gasteiger partial charge in [0.25, 0.3) is 0 Å². The highest BCUT2D eigenvalue weighted by Crippen LogP contribution is 2.26. The Morgan fingerprint density at radius 3 is 2.89 bits per heavy atom. The van der Waals surface area contributed by atoms with E-state index < -0.39 is 10.0 Å². The van der Waals surface area contributed by atoms with Crippen molar-refractivity contribution in [2.45, 2.75) is 6.92 Å². The van der Waals surface area contributed by atoms with E-state index in [4.69, 9.17) is 4.74 Å². The van der Waals surface area contributed by atoms with Crippen molar-refractivity contribution in [3.63, 3.8) is 0 Å². The zero-order valence-electron chi connectivity index (χ0n) is 10.9. The molecule has 0 spiro atoms. The second-order valence-electron chi connectivity index (χ2n) is 4.35. The molecule has 0 amide bonds. The molecule has 1 aromatic rings. The number of nitrogens with one attached hydrogen (secondary N) is 2. The maximum Gasteiger partial charge on any atom is 0.229 e. The van der Waals surface area contributed by atoms with Gasteiger partial charge in [0.2, 0.25) is 10.0 Å². The Hall–Kier alpha value is -1.76. The van der Waals surface area contributed by atoms with Crippen LogP contribution in [-0.2, 0) is 10.0 Å². The van der Waals surface area contributed by atoms with E-state index in [1.54, 1.807) is 18.2 Å². The van der Waals surface area contributed by atoms with Gasteiger partial charge in [-0.2, -0.15) is 0 Å². The number of anilines is 1. The van der Waals surface area contributed by atoms with Crippen molar-refractivity contribution in [2.75, 3.05) is 30.7 Å². The maximum atomic E-state index is 11.3. The van der Waals surface area contributed by atoms with Crippen molar-refractivity contribution in [3.8, 4) is 5.75 Å². The van der Waals surface area contributed by atoms with Crippen LogP contribution in [0.2, 0.25) is 0 Å². The van der Waals surface area contributed by atoms with Crippen LogP contribution in [0.4, 0.5) is 5.69 Å². The molecule has 0 saturated heterocycles. The smallest absolute Gasteiger partial charge is 0.229 e. The van der Waals surface area contributed by atoms with Crippen LogP contribution in [0.1, 0.15) is 5.56 Å². The molecule has 0 atom stereocenters. The summed E-state index contributed by atoms with van der Waals surface area (Å²) in [5.41, 5.74) is 1.29. The minimum Gasteiger partial charge on any atom is -0.485 e. The fraction of sp³-hybridized carbons (Fsp3) is 0.417. The molecular formula is C12H17N3O3S. The summed E-state index contributed by atoms with van der Waals surface area (Å²) in [4.78, 5) is 4.23. The first-order valence-electron chi connectivity index (χ1n) is 5.93. The molecule has 1 aliphatic rings. The molecule has 1 aliphatic heterocycles. The van der Waals surface area contributed by atoms with E-state index in [-0.39, 0.29) is 0 Å². The predicted molar refractivity (Wildman–Crippen MR) is 75.4 cm³/mol. The minimum atomic E-state index is -3.29. The first-order valence-corrected chi connectivity index (χ1v) is 7.82. The monoisotopic (exact) mass is 283 g/mol. The largest absolute Gasteiger partial charge is 0.485 e. The predicted octanol–water partition coefficient (Wildman–Crippen LogP) is 0.747. The summed E-state index contributed by atoms with van der Waals surface area (Å²) < 4.78 is 30.6. The van der Waals surface area contributed by atoms with Crippen LogP contribution >= 0.6 is 0 Å². The molecule has 0 saturated carbocycles. The third kappa shape index (κ3) is 3.85. The molecule has 104 valence electrons. The molecule has 0 aromatic heterocycles. The number of amidine groups is 1. The fourth-order valence-electron chi connectivity index (χ4n) is 1.77. The van der Waals surface area contributed by atoms with E-state index in [0.29, 0.717) is 18.0 Å². The normalized spacial score (nSPS) is 14.7. The molecule has 0 bridgehead atoms. The summed E-state index contributed by atoms with van der Waals surface area (Å²) in [7, 11) is -3.29. The molecule has 19 heavy (non-hydrogen) atoms. The van der Waals surface area contributed by atoms with Crippen LogP contribution in [0.25, 0.3) is 0 Å². The average molecular weight is 283 g/mol. The van der Waals surface area contributed by atoms with E-state index in [0.717, 1.165) is 30.7 Å². The van der Waals surface area contributed by atoms with Gasteiger partial charge in [-0.05, 0) is 19.1 Å². The molecule has 6 nitrogen and oxygen atoms in total. The van der Waals surface area contributed by atoms with Crippen LogP contribution in [0, 0.1) is 6.92 Å². The van der Waals surface area contributed by atoms with E-state index >= 15 is 0 Å². The van der Waals surface area contributed by atoms with Gasteiger partial charge in [-0.25, -0.2) is 8.42 Å². The molecule has 0 aliphatic carbocycles. The van der Waals surface area contributed by atoms with Crippen molar-refractivity contribution in [3.05, 3.63) is 23.8 Å². The lowest BCUT2D eigenvalue weighted by molar-refractivity contribution is 0.371. The topological polar surface area (TPSA) is 79.8 Å². The number of hydrogen-bond donors (Lipinski definition) is 2. The Balaban J connectivity index is 2.10. The van der Waals surface area contributed by atoms with Crippen LogP contribution in [0.3, 0.4) is 0 Å². The Labute approximate surface area is 112 Å². The molecule has 1 heterocycles. The van der Waals surface area contributed by atoms with Gasteiger partial charge in [-0.3, -0.25) is 9.71 Å². The summed E-state index contributed by atoms with van der Waals surface area (Å²) in [6.07, 6.45) is 1.12. The van der Waals surface area contributed by atoms with Crippen LogP contribution < -0.4 is 14.8 Å². The Morgan fingerprint density at radius 1 is 1.47 bits per heavy atom. The maximum absolute atomic E-state index is 11.3. The number of aliphatic imine (C=N–C) groups is 1. The lowest BCUT2D eigenvalue weighted by Crippen LogP contribution is -2.25. The molecule has 2 N–H and O–H groups in total. The number of rotatable bonds is 5. The third-order valence-electron chi connectivity index (χ3n) is 2.69. The molecule has 1 aromatic carbocycles. The van der Waals surface area contributed by atoms with Crippen LogP contribution in [-0.4, -0.2) is 40.2 Å². The first-order chi connectivity index (χ1) is 8.96. The third-order valence-corrected chi connectivity index (χ3v) is 3.28. The van der Waals surface area contributed by atoms with Crippen molar-refractivity contribution in [1.82, 2.24) is 5.32 Å². The van der Waals surface area contributed by atoms with Crippen molar-refractivity contribution < 1.29 is 13.2 Å². The first kappa shape index (κ1) is 13.7. The minimum absolute atomic E-state index is 0.364. The molecular weight excluding hydrogens is 266 g/mol. The van der Waals surface area contributed by atoms with Gasteiger partial charge >= 0.3 is 0 Å². The number of benzene rings is 1. The van der Waals surface area contributed by atoms with Crippen molar-refractivity contribution in [2.24, 2.45) is 4.99 Å². The summed E-state index contributed by atoms with van der Waals surface area (Å²) in [6.45, 7) is 3.79. The van der Waals surface area contributed by atoms with E-state index in [1.807, 2.05) is 6.92 Å². The number of ether oxygens (including phenoxy) is 1. The van der Waals surface area contributed by atoms with Gasteiger partial charge in [-0.1, -0.05) is 6.07 Å². The Kier molecular flexibility index (Phi) is 3.94. The van der Waals surface area contributed by atoms with Gasteiger partial charge in [0.15, 0.2) is 0 Å². The zero-order valence-corrected chi connectivity index (χ0v) is 11.8. The van der Waals surface area contributed by atoms with Gasteiger partial charge in [0.05, 0.1) is 18.5 Å². The standard InChI is InChI=1S/C12H17N3O3S/c1-9-10(15-19(2,16)17)4-3-5-11(9)18-8-12-13-6-7-14-12/h3-5,15H,6-8H2,1-2H3,(H,13,14). The molecule has 0 unspecified atom stereocenters. The summed E-state index contributed by atoms with van der Waals surface area (Å²) in [5, 5.41) is 3.11. The van der Waals surface area contributed by atoms with Gasteiger partial charge < -0.3 is 10.1 Å². The lowest BCUT2D eigenvalue weighted by atomic mass is 10.2. The Morgan fingerprint density at radius 2 is 2.26 bits per heavy atom. The zero-order chi connectivity index (χ0) is 13.9. The van der Waals surface area contributed by atoms with E-state index in [2.05, 4.69) is 15.0 Å². The second kappa shape index (κ2) is 5.48. The number of sulfonamides is 1. The molecule has 0 radical (unpaired) electrons. The van der Waals surface area contributed by atoms with Crippen LogP contribution in [0.5, 0.6) is 5.75 Å². The van der Waals surface area contributed by atoms with Gasteiger partial charge in [-0.15, -0.1) is 0 Å². The summed E-state index contributed by atoms with van der Waals surface area (Å²) in [5.74, 6) is 1.46. The molecule has 0 fully saturated rings. The number of hydrogen-bond acceptors (Lipinski definition) is 5. The summed E-state index contributed by atoms with van der Waals surface area (Å²) in [6, 6.07) is 5.26. The molecule has 2 rings (SSSR count). The van der Waals surface area contributed by atoms with Gasteiger partial charge in [0, 0.05) is 12.1 Å². The quantitative estimate of drug-likeness (QED) is 0.835. The average Bonchev–Trinajstić information content (AvgIpc) is 2.81. The van der Waals surface area contributed by atoms with E-state index in [9.17, 15) is 8.42 Å². The lowest BCUT2D eigenvalue weighted by Gasteiger charge is -2.13. The van der Waals surface area contributed by atoms with Crippen molar-refractivity contribution in [1.29, 1.82) is 0 Å².